The summed E-state index contributed by atoms with van der Waals surface area (Å²) >= 11 is 6.25. The highest BCUT2D eigenvalue weighted by atomic mass is 35.5. The fourth-order valence-electron chi connectivity index (χ4n) is 3.25. The molecule has 0 radical (unpaired) electrons. The third kappa shape index (κ3) is 4.42. The highest BCUT2D eigenvalue weighted by molar-refractivity contribution is 6.35. The second kappa shape index (κ2) is 8.99. The molecule has 2 aromatic carbocycles. The third-order valence-electron chi connectivity index (χ3n) is 4.61. The lowest BCUT2D eigenvalue weighted by Gasteiger charge is -2.21. The van der Waals surface area contributed by atoms with Crippen LogP contribution in [0.5, 0.6) is 0 Å². The van der Waals surface area contributed by atoms with Gasteiger partial charge in [0.2, 0.25) is 0 Å². The van der Waals surface area contributed by atoms with Crippen molar-refractivity contribution in [2.45, 2.75) is 12.6 Å². The number of aromatic nitrogens is 4. The van der Waals surface area contributed by atoms with E-state index in [1.807, 2.05) is 30.3 Å². The zero-order valence-corrected chi connectivity index (χ0v) is 16.9. The van der Waals surface area contributed by atoms with E-state index in [4.69, 9.17) is 16.3 Å². The summed E-state index contributed by atoms with van der Waals surface area (Å²) in [6.07, 6.45) is 0.207. The second-order valence-corrected chi connectivity index (χ2v) is 7.10. The Bertz CT molecular complexity index is 1260. The number of hydrogen-bond acceptors (Lipinski definition) is 5. The van der Waals surface area contributed by atoms with Crippen LogP contribution in [-0.4, -0.2) is 37.6 Å². The molecule has 0 saturated carbocycles. The number of halogens is 1. The first kappa shape index (κ1) is 20.6. The molecule has 4 aromatic rings. The minimum atomic E-state index is -1.27. The molecule has 0 aliphatic carbocycles. The highest BCUT2D eigenvalue weighted by Gasteiger charge is 2.24. The molecule has 1 amide bonds. The summed E-state index contributed by atoms with van der Waals surface area (Å²) < 4.78 is 7.01. The molecule has 0 aliphatic rings. The van der Waals surface area contributed by atoms with E-state index in [0.29, 0.717) is 11.3 Å². The van der Waals surface area contributed by atoms with E-state index >= 15 is 0 Å². The zero-order chi connectivity index (χ0) is 21.8. The molecule has 0 fully saturated rings. The number of hydrogen-bond donors (Lipinski definition) is 3. The summed E-state index contributed by atoms with van der Waals surface area (Å²) in [5, 5.41) is 18.9. The standard InChI is InChI=1S/C21H18ClN5O4/c22-14-7-4-8-15-18(14)20(28)27(17-9-10-23-26-17)19(24-15)16(25-21(29)30)12-31-11-13-5-2-1-3-6-13/h1-10,16,25H,11-12H2,(H,23,26)(H,29,30). The molecule has 9 nitrogen and oxygen atoms in total. The number of nitrogens with zero attached hydrogens (tertiary/aromatic N) is 3. The summed E-state index contributed by atoms with van der Waals surface area (Å²) in [6.45, 7) is 0.222. The average Bonchev–Trinajstić information content (AvgIpc) is 3.27. The molecule has 1 unspecified atom stereocenters. The summed E-state index contributed by atoms with van der Waals surface area (Å²) in [5.74, 6) is 0.481. The Labute approximate surface area is 181 Å². The van der Waals surface area contributed by atoms with Crippen molar-refractivity contribution in [2.75, 3.05) is 6.61 Å². The van der Waals surface area contributed by atoms with Crippen molar-refractivity contribution in [2.24, 2.45) is 0 Å². The smallest absolute Gasteiger partial charge is 0.405 e. The molecule has 0 bridgehead atoms. The van der Waals surface area contributed by atoms with Crippen LogP contribution in [0.15, 0.2) is 65.6 Å². The number of carbonyl (C=O) groups is 1. The van der Waals surface area contributed by atoms with Gasteiger partial charge >= 0.3 is 6.09 Å². The molecule has 10 heteroatoms. The molecule has 1 atom stereocenters. The van der Waals surface area contributed by atoms with Crippen molar-refractivity contribution in [1.82, 2.24) is 25.1 Å². The second-order valence-electron chi connectivity index (χ2n) is 6.69. The van der Waals surface area contributed by atoms with Gasteiger partial charge in [-0.25, -0.2) is 14.3 Å². The molecule has 31 heavy (non-hydrogen) atoms. The van der Waals surface area contributed by atoms with Gasteiger partial charge in [-0.2, -0.15) is 5.10 Å². The Morgan fingerprint density at radius 3 is 2.71 bits per heavy atom. The molecule has 2 heterocycles. The third-order valence-corrected chi connectivity index (χ3v) is 4.92. The van der Waals surface area contributed by atoms with Gasteiger partial charge in [-0.3, -0.25) is 9.89 Å². The number of amides is 1. The Balaban J connectivity index is 1.78. The van der Waals surface area contributed by atoms with Crippen LogP contribution in [0.2, 0.25) is 5.02 Å². The highest BCUT2D eigenvalue weighted by Crippen LogP contribution is 2.22. The zero-order valence-electron chi connectivity index (χ0n) is 16.2. The van der Waals surface area contributed by atoms with Gasteiger partial charge in [-0.05, 0) is 17.7 Å². The van der Waals surface area contributed by atoms with Crippen LogP contribution in [0.3, 0.4) is 0 Å². The fourth-order valence-corrected chi connectivity index (χ4v) is 3.50. The molecule has 158 valence electrons. The Morgan fingerprint density at radius 2 is 2.00 bits per heavy atom. The van der Waals surface area contributed by atoms with Gasteiger partial charge in [0.05, 0.1) is 35.3 Å². The molecule has 0 spiro atoms. The maximum absolute atomic E-state index is 13.3. The van der Waals surface area contributed by atoms with Crippen LogP contribution in [0, 0.1) is 0 Å². The largest absolute Gasteiger partial charge is 0.465 e. The SMILES string of the molecule is O=C(O)NC(COCc1ccccc1)c1nc2cccc(Cl)c2c(=O)n1-c1ccn[nH]1. The molecule has 3 N–H and O–H groups in total. The number of fused-ring (bicyclic) bond motifs is 1. The minimum Gasteiger partial charge on any atom is -0.465 e. The summed E-state index contributed by atoms with van der Waals surface area (Å²) in [6, 6.07) is 15.0. The Hall–Kier alpha value is -3.69. The van der Waals surface area contributed by atoms with Crippen LogP contribution in [0.4, 0.5) is 4.79 Å². The van der Waals surface area contributed by atoms with Crippen LogP contribution in [0.25, 0.3) is 16.7 Å². The van der Waals surface area contributed by atoms with E-state index in [1.165, 1.54) is 10.8 Å². The first-order valence-electron chi connectivity index (χ1n) is 9.36. The van der Waals surface area contributed by atoms with E-state index < -0.39 is 17.7 Å². The number of ether oxygens (including phenoxy) is 1. The predicted octanol–water partition coefficient (Wildman–Crippen LogP) is 3.29. The lowest BCUT2D eigenvalue weighted by atomic mass is 10.2. The number of nitrogens with one attached hydrogen (secondary N) is 2. The van der Waals surface area contributed by atoms with Crippen molar-refractivity contribution in [3.05, 3.63) is 87.6 Å². The molecule has 2 aromatic heterocycles. The van der Waals surface area contributed by atoms with Gasteiger partial charge in [-0.1, -0.05) is 48.0 Å². The van der Waals surface area contributed by atoms with Crippen molar-refractivity contribution < 1.29 is 14.6 Å². The summed E-state index contributed by atoms with van der Waals surface area (Å²) in [4.78, 5) is 29.4. The number of carboxylic acid groups (broad SMARTS) is 1. The van der Waals surface area contributed by atoms with Crippen LogP contribution < -0.4 is 10.9 Å². The van der Waals surface area contributed by atoms with E-state index in [-0.39, 0.29) is 29.4 Å². The normalized spacial score (nSPS) is 12.0. The van der Waals surface area contributed by atoms with Gasteiger partial charge in [0.25, 0.3) is 5.56 Å². The number of benzene rings is 2. The van der Waals surface area contributed by atoms with Crippen molar-refractivity contribution in [1.29, 1.82) is 0 Å². The number of rotatable bonds is 7. The maximum Gasteiger partial charge on any atom is 0.405 e. The lowest BCUT2D eigenvalue weighted by Crippen LogP contribution is -2.36. The monoisotopic (exact) mass is 439 g/mol. The van der Waals surface area contributed by atoms with Crippen molar-refractivity contribution in [3.8, 4) is 5.82 Å². The summed E-state index contributed by atoms with van der Waals surface area (Å²) in [7, 11) is 0. The Kier molecular flexibility index (Phi) is 5.96. The number of H-pyrrole nitrogens is 1. The van der Waals surface area contributed by atoms with Gasteiger partial charge in [-0.15, -0.1) is 0 Å². The van der Waals surface area contributed by atoms with Crippen LogP contribution in [0.1, 0.15) is 17.4 Å². The van der Waals surface area contributed by atoms with E-state index in [0.717, 1.165) is 5.56 Å². The van der Waals surface area contributed by atoms with Crippen LogP contribution >= 0.6 is 11.6 Å². The van der Waals surface area contributed by atoms with E-state index in [2.05, 4.69) is 20.5 Å². The van der Waals surface area contributed by atoms with Gasteiger partial charge in [0.1, 0.15) is 17.7 Å². The van der Waals surface area contributed by atoms with Gasteiger partial charge < -0.3 is 15.2 Å². The van der Waals surface area contributed by atoms with Crippen molar-refractivity contribution >= 4 is 28.6 Å². The first-order valence-corrected chi connectivity index (χ1v) is 9.74. The first-order chi connectivity index (χ1) is 15.0. The van der Waals surface area contributed by atoms with E-state index in [1.54, 1.807) is 24.3 Å². The number of aromatic amines is 1. The van der Waals surface area contributed by atoms with Crippen LogP contribution in [-0.2, 0) is 11.3 Å². The fraction of sp³-hybridized carbons (Fsp3) is 0.143. The Morgan fingerprint density at radius 1 is 1.19 bits per heavy atom. The van der Waals surface area contributed by atoms with Gasteiger partial charge in [0, 0.05) is 6.07 Å². The minimum absolute atomic E-state index is 0.0478. The molecular weight excluding hydrogens is 422 g/mol. The summed E-state index contributed by atoms with van der Waals surface area (Å²) in [5.41, 5.74) is 0.833. The van der Waals surface area contributed by atoms with Crippen molar-refractivity contribution in [3.63, 3.8) is 0 Å². The quantitative estimate of drug-likeness (QED) is 0.406. The average molecular weight is 440 g/mol. The molecule has 4 rings (SSSR count). The molecule has 0 saturated heterocycles. The van der Waals surface area contributed by atoms with E-state index in [9.17, 15) is 14.7 Å². The predicted molar refractivity (Wildman–Crippen MR) is 114 cm³/mol. The van der Waals surface area contributed by atoms with Gasteiger partial charge in [0.15, 0.2) is 0 Å². The molecule has 0 aliphatic heterocycles. The molecular formula is C21H18ClN5O4. The topological polar surface area (TPSA) is 122 Å². The maximum atomic E-state index is 13.3. The lowest BCUT2D eigenvalue weighted by molar-refractivity contribution is 0.0937.